The van der Waals surface area contributed by atoms with Crippen molar-refractivity contribution >= 4 is 87.0 Å². The molecule has 102 heavy (non-hydrogen) atoms. The summed E-state index contributed by atoms with van der Waals surface area (Å²) >= 11 is 0. The molecule has 0 N–H and O–H groups in total. The lowest BCUT2D eigenvalue weighted by Gasteiger charge is -2.21. The molecule has 2 heterocycles. The minimum absolute atomic E-state index is 0.882. The average molecular weight is 1300 g/mol. The Morgan fingerprint density at radius 1 is 0.127 bits per heavy atom. The molecule has 0 bridgehead atoms. The summed E-state index contributed by atoms with van der Waals surface area (Å²) in [6, 6.07) is 138. The van der Waals surface area contributed by atoms with E-state index < -0.39 is 0 Å². The lowest BCUT2D eigenvalue weighted by atomic mass is 9.82. The van der Waals surface area contributed by atoms with Crippen LogP contribution in [0.15, 0.2) is 385 Å². The number of rotatable bonds is 11. The SMILES string of the molecule is c1ccc(-c2cccc(-c3c4ccccc4c(-c4cccc(-c5cccc(-c6cccc(-c7cccc(-c8c9ccccc9c(-c9ccccc9-c9ccccc9)c9ccc(-c%10cccc%11oc%12ccccc%12c%10%11)cc89)c7)c6)c5)c4)c4ccc(-c5cccc6oc7ccccc7c56)cc34)c2)cc1. The van der Waals surface area contributed by atoms with Crippen LogP contribution in [0.25, 0.3) is 209 Å². The summed E-state index contributed by atoms with van der Waals surface area (Å²) in [5, 5.41) is 14.1. The molecular formula is C100H62O2. The van der Waals surface area contributed by atoms with Crippen molar-refractivity contribution in [2.45, 2.75) is 0 Å². The summed E-state index contributed by atoms with van der Waals surface area (Å²) in [6.45, 7) is 0. The van der Waals surface area contributed by atoms with Crippen LogP contribution < -0.4 is 0 Å². The molecule has 2 nitrogen and oxygen atoms in total. The number of furan rings is 2. The van der Waals surface area contributed by atoms with Crippen LogP contribution in [-0.4, -0.2) is 0 Å². The van der Waals surface area contributed by atoms with Crippen molar-refractivity contribution in [1.29, 1.82) is 0 Å². The second kappa shape index (κ2) is 24.2. The van der Waals surface area contributed by atoms with E-state index in [-0.39, 0.29) is 0 Å². The molecule has 2 aromatic heterocycles. The first-order valence-corrected chi connectivity index (χ1v) is 35.1. The number of hydrogen-bond acceptors (Lipinski definition) is 2. The van der Waals surface area contributed by atoms with Crippen LogP contribution >= 0.6 is 0 Å². The van der Waals surface area contributed by atoms with Crippen LogP contribution in [0.4, 0.5) is 0 Å². The molecule has 0 aliphatic rings. The summed E-state index contributed by atoms with van der Waals surface area (Å²) in [4.78, 5) is 0. The summed E-state index contributed by atoms with van der Waals surface area (Å²) < 4.78 is 13.0. The zero-order valence-electron chi connectivity index (χ0n) is 55.6. The van der Waals surface area contributed by atoms with Crippen LogP contribution in [0.2, 0.25) is 0 Å². The van der Waals surface area contributed by atoms with Gasteiger partial charge in [0.2, 0.25) is 0 Å². The van der Waals surface area contributed by atoms with E-state index in [0.717, 1.165) is 111 Å². The Kier molecular flexibility index (Phi) is 14.0. The van der Waals surface area contributed by atoms with E-state index in [1.54, 1.807) is 0 Å². The van der Waals surface area contributed by atoms with E-state index in [2.05, 4.69) is 364 Å². The maximum atomic E-state index is 6.50. The number of fused-ring (bicyclic) bond motifs is 10. The van der Waals surface area contributed by atoms with Crippen molar-refractivity contribution in [1.82, 2.24) is 0 Å². The third-order valence-electron chi connectivity index (χ3n) is 21.0. The molecule has 0 saturated heterocycles. The maximum absolute atomic E-state index is 6.50. The summed E-state index contributed by atoms with van der Waals surface area (Å²) in [5.41, 5.74) is 29.3. The molecule has 0 fully saturated rings. The highest BCUT2D eigenvalue weighted by Gasteiger charge is 2.24. The second-order valence-electron chi connectivity index (χ2n) is 26.8. The largest absolute Gasteiger partial charge is 0.456 e. The van der Waals surface area contributed by atoms with Crippen molar-refractivity contribution in [3.63, 3.8) is 0 Å². The van der Waals surface area contributed by atoms with Gasteiger partial charge >= 0.3 is 0 Å². The molecule has 0 saturated carbocycles. The molecule has 0 radical (unpaired) electrons. The van der Waals surface area contributed by atoms with E-state index >= 15 is 0 Å². The molecule has 0 aliphatic heterocycles. The average Bonchev–Trinajstić information content (AvgIpc) is 0.790. The first kappa shape index (κ1) is 58.7. The van der Waals surface area contributed by atoms with Gasteiger partial charge in [0, 0.05) is 21.5 Å². The van der Waals surface area contributed by atoms with Crippen molar-refractivity contribution in [3.8, 4) is 122 Å². The Labute approximate surface area is 590 Å². The van der Waals surface area contributed by atoms with Crippen molar-refractivity contribution < 1.29 is 8.83 Å². The highest BCUT2D eigenvalue weighted by molar-refractivity contribution is 6.25. The van der Waals surface area contributed by atoms with Gasteiger partial charge in [-0.3, -0.25) is 0 Å². The van der Waals surface area contributed by atoms with Gasteiger partial charge in [0.25, 0.3) is 0 Å². The normalized spacial score (nSPS) is 11.7. The molecule has 20 rings (SSSR count). The first-order valence-electron chi connectivity index (χ1n) is 35.1. The highest BCUT2D eigenvalue weighted by Crippen LogP contribution is 2.51. The van der Waals surface area contributed by atoms with Gasteiger partial charge in [0.1, 0.15) is 22.3 Å². The molecule has 0 spiro atoms. The Balaban J connectivity index is 0.705. The first-order chi connectivity index (χ1) is 50.6. The van der Waals surface area contributed by atoms with E-state index in [4.69, 9.17) is 8.83 Å². The predicted octanol–water partition coefficient (Wildman–Crippen LogP) is 28.4. The number of para-hydroxylation sites is 2. The highest BCUT2D eigenvalue weighted by atomic mass is 16.3. The molecule has 20 aromatic rings. The van der Waals surface area contributed by atoms with Gasteiger partial charge in [-0.25, -0.2) is 0 Å². The van der Waals surface area contributed by atoms with E-state index in [9.17, 15) is 0 Å². The molecule has 0 atom stereocenters. The van der Waals surface area contributed by atoms with Crippen LogP contribution in [-0.2, 0) is 0 Å². The third kappa shape index (κ3) is 9.87. The van der Waals surface area contributed by atoms with Crippen molar-refractivity contribution in [2.75, 3.05) is 0 Å². The Morgan fingerprint density at radius 3 is 0.843 bits per heavy atom. The maximum Gasteiger partial charge on any atom is 0.136 e. The fourth-order valence-corrected chi connectivity index (χ4v) is 16.5. The van der Waals surface area contributed by atoms with Gasteiger partial charge in [-0.2, -0.15) is 0 Å². The third-order valence-corrected chi connectivity index (χ3v) is 21.0. The molecule has 0 unspecified atom stereocenters. The zero-order chi connectivity index (χ0) is 67.2. The predicted molar refractivity (Wildman–Crippen MR) is 431 cm³/mol. The lowest BCUT2D eigenvalue weighted by Crippen LogP contribution is -1.94. The topological polar surface area (TPSA) is 26.3 Å². The van der Waals surface area contributed by atoms with Gasteiger partial charge < -0.3 is 8.83 Å². The minimum Gasteiger partial charge on any atom is -0.456 e. The molecular weight excluding hydrogens is 1230 g/mol. The molecule has 18 aromatic carbocycles. The standard InChI is InChI=1S/C100H62O2/c1-3-24-63(25-4-1)65-28-19-36-75(58-65)96-82-41-10-9-40-81(82)95(85-54-52-72(61-89(85)96)78-46-22-50-93-99(78)87-44-13-15-48-91(87)101-93)74-35-20-33-70(59-74)68-31-17-29-66(56-68)67-30-18-32-69(57-67)71-34-21-37-76(60-71)97-83-42-11-12-43-84(83)98(80-39-8-7-38-77(80)64-26-5-2-6-27-64)86-55-53-73(62-90(86)97)79-47-23-51-94-100(79)88-45-14-16-49-92(88)102-94/h1-62H. The second-order valence-corrected chi connectivity index (χ2v) is 26.8. The quantitative estimate of drug-likeness (QED) is 0.121. The number of benzene rings is 18. The molecule has 0 amide bonds. The Morgan fingerprint density at radius 2 is 0.402 bits per heavy atom. The van der Waals surface area contributed by atoms with E-state index in [1.807, 2.05) is 12.1 Å². The van der Waals surface area contributed by atoms with Crippen molar-refractivity contribution in [3.05, 3.63) is 376 Å². The van der Waals surface area contributed by atoms with Gasteiger partial charge in [-0.15, -0.1) is 0 Å². The molecule has 2 heteroatoms. The van der Waals surface area contributed by atoms with Crippen LogP contribution in [0.5, 0.6) is 0 Å². The summed E-state index contributed by atoms with van der Waals surface area (Å²) in [7, 11) is 0. The Hall–Kier alpha value is -13.4. The van der Waals surface area contributed by atoms with Gasteiger partial charge in [-0.05, 0) is 232 Å². The summed E-state index contributed by atoms with van der Waals surface area (Å²) in [5.74, 6) is 0. The van der Waals surface area contributed by atoms with Gasteiger partial charge in [0.15, 0.2) is 0 Å². The molecule has 0 aliphatic carbocycles. The number of hydrogen-bond donors (Lipinski definition) is 0. The van der Waals surface area contributed by atoms with Crippen LogP contribution in [0.1, 0.15) is 0 Å². The zero-order valence-corrected chi connectivity index (χ0v) is 55.6. The fraction of sp³-hybridized carbons (Fsp3) is 0. The van der Waals surface area contributed by atoms with E-state index in [0.29, 0.717) is 0 Å². The van der Waals surface area contributed by atoms with E-state index in [1.165, 1.54) is 98.7 Å². The summed E-state index contributed by atoms with van der Waals surface area (Å²) in [6.07, 6.45) is 0. The van der Waals surface area contributed by atoms with Crippen molar-refractivity contribution in [2.24, 2.45) is 0 Å². The molecule has 474 valence electrons. The van der Waals surface area contributed by atoms with Gasteiger partial charge in [0.05, 0.1) is 0 Å². The van der Waals surface area contributed by atoms with Crippen LogP contribution in [0.3, 0.4) is 0 Å². The van der Waals surface area contributed by atoms with Crippen LogP contribution in [0, 0.1) is 0 Å². The minimum atomic E-state index is 0.882. The van der Waals surface area contributed by atoms with Gasteiger partial charge in [-0.1, -0.05) is 309 Å². The monoisotopic (exact) mass is 1290 g/mol. The Bertz CT molecular complexity index is 6740. The smallest absolute Gasteiger partial charge is 0.136 e. The fourth-order valence-electron chi connectivity index (χ4n) is 16.5. The lowest BCUT2D eigenvalue weighted by molar-refractivity contribution is 0.668.